The van der Waals surface area contributed by atoms with Crippen LogP contribution in [0.3, 0.4) is 0 Å². The molecule has 5 aliphatic rings. The van der Waals surface area contributed by atoms with E-state index in [2.05, 4.69) is 15.4 Å². The zero-order valence-electron chi connectivity index (χ0n) is 24.1. The summed E-state index contributed by atoms with van der Waals surface area (Å²) in [5.41, 5.74) is 0. The highest BCUT2D eigenvalue weighted by atomic mass is 19.4. The van der Waals surface area contributed by atoms with Crippen molar-refractivity contribution in [2.75, 3.05) is 13.2 Å². The van der Waals surface area contributed by atoms with E-state index in [1.165, 1.54) is 6.92 Å². The average Bonchev–Trinajstić information content (AvgIpc) is 3.31. The zero-order chi connectivity index (χ0) is 32.4. The third-order valence-corrected chi connectivity index (χ3v) is 8.96. The summed E-state index contributed by atoms with van der Waals surface area (Å²) in [5.74, 6) is -13.7. The van der Waals surface area contributed by atoms with Gasteiger partial charge in [0, 0.05) is 24.9 Å². The second kappa shape index (κ2) is 13.3. The number of alkyl halides is 5. The minimum atomic E-state index is -5.31. The van der Waals surface area contributed by atoms with E-state index in [1.54, 1.807) is 5.32 Å². The van der Waals surface area contributed by atoms with Gasteiger partial charge in [-0.25, -0.2) is 13.6 Å². The zero-order valence-corrected chi connectivity index (χ0v) is 24.1. The third kappa shape index (κ3) is 7.48. The molecule has 246 valence electrons. The first kappa shape index (κ1) is 33.6. The lowest BCUT2D eigenvalue weighted by Gasteiger charge is -2.54. The van der Waals surface area contributed by atoms with Crippen molar-refractivity contribution in [1.29, 1.82) is 0 Å². The topological polar surface area (TPSA) is 134 Å². The van der Waals surface area contributed by atoms with Crippen LogP contribution in [0.1, 0.15) is 64.7 Å². The lowest BCUT2D eigenvalue weighted by Crippen LogP contribution is -2.71. The van der Waals surface area contributed by atoms with E-state index in [0.717, 1.165) is 11.3 Å². The molecule has 0 radical (unpaired) electrons. The van der Waals surface area contributed by atoms with Crippen LogP contribution < -0.4 is 16.0 Å². The van der Waals surface area contributed by atoms with Crippen molar-refractivity contribution in [1.82, 2.24) is 20.9 Å². The first-order chi connectivity index (χ1) is 20.6. The molecule has 16 heteroatoms. The Morgan fingerprint density at radius 3 is 2.34 bits per heavy atom. The fourth-order valence-electron chi connectivity index (χ4n) is 6.59. The summed E-state index contributed by atoms with van der Waals surface area (Å²) >= 11 is 0. The molecular formula is C28H36F6N4O6. The van der Waals surface area contributed by atoms with Gasteiger partial charge in [-0.3, -0.25) is 19.2 Å². The van der Waals surface area contributed by atoms with Crippen LogP contribution in [-0.4, -0.2) is 83.9 Å². The SMILES string of the molecule is CCOC(=O)/C(F)=C/[C@@H](C[C@H]1CCNC1=O)NC(=O)[C@@H]1[C@H]2CC[C@H](CC2(F)F)N1C(=O)[C@H](CC1CCC1)NC(=O)C(F)(F)F. The lowest BCUT2D eigenvalue weighted by atomic mass is 9.71. The predicted octanol–water partition coefficient (Wildman–Crippen LogP) is 2.67. The van der Waals surface area contributed by atoms with E-state index in [0.29, 0.717) is 31.9 Å². The van der Waals surface area contributed by atoms with E-state index in [9.17, 15) is 41.5 Å². The Labute approximate surface area is 249 Å². The molecule has 2 bridgehead atoms. The Balaban J connectivity index is 1.64. The summed E-state index contributed by atoms with van der Waals surface area (Å²) in [5, 5.41) is 6.69. The van der Waals surface area contributed by atoms with Crippen LogP contribution in [0, 0.1) is 17.8 Å². The molecule has 2 aliphatic carbocycles. The maximum absolute atomic E-state index is 15.2. The number of nitrogens with zero attached hydrogens (tertiary/aromatic N) is 1. The summed E-state index contributed by atoms with van der Waals surface area (Å²) < 4.78 is 89.1. The molecular weight excluding hydrogens is 602 g/mol. The average molecular weight is 639 g/mol. The molecule has 3 aliphatic heterocycles. The first-order valence-corrected chi connectivity index (χ1v) is 14.8. The Morgan fingerprint density at radius 2 is 1.80 bits per heavy atom. The number of esters is 1. The molecule has 0 aromatic heterocycles. The maximum Gasteiger partial charge on any atom is 0.471 e. The Kier molecular flexibility index (Phi) is 10.2. The van der Waals surface area contributed by atoms with E-state index < -0.39 is 89.9 Å². The van der Waals surface area contributed by atoms with E-state index in [1.807, 2.05) is 0 Å². The number of hydrogen-bond acceptors (Lipinski definition) is 6. The van der Waals surface area contributed by atoms with Gasteiger partial charge < -0.3 is 25.6 Å². The quantitative estimate of drug-likeness (QED) is 0.181. The largest absolute Gasteiger partial charge is 0.471 e. The highest BCUT2D eigenvalue weighted by Crippen LogP contribution is 2.49. The maximum atomic E-state index is 15.2. The molecule has 3 saturated heterocycles. The Bertz CT molecular complexity index is 1180. The molecule has 6 atom stereocenters. The number of nitrogens with one attached hydrogen (secondary N) is 3. The number of hydrogen-bond donors (Lipinski definition) is 3. The number of ether oxygens (including phenoxy) is 1. The number of amides is 4. The van der Waals surface area contributed by atoms with Crippen molar-refractivity contribution >= 4 is 29.6 Å². The number of carbonyl (C=O) groups is 5. The molecule has 2 saturated carbocycles. The molecule has 4 amide bonds. The molecule has 0 aromatic carbocycles. The minimum Gasteiger partial charge on any atom is -0.461 e. The summed E-state index contributed by atoms with van der Waals surface area (Å²) in [6, 6.07) is -6.15. The first-order valence-electron chi connectivity index (χ1n) is 14.8. The van der Waals surface area contributed by atoms with Crippen LogP contribution in [0.4, 0.5) is 26.3 Å². The summed E-state index contributed by atoms with van der Waals surface area (Å²) in [4.78, 5) is 64.4. The summed E-state index contributed by atoms with van der Waals surface area (Å²) in [6.07, 6.45) is -3.60. The minimum absolute atomic E-state index is 0.0577. The van der Waals surface area contributed by atoms with Crippen molar-refractivity contribution in [3.05, 3.63) is 11.9 Å². The molecule has 0 aromatic rings. The molecule has 0 unspecified atom stereocenters. The molecule has 3 heterocycles. The van der Waals surface area contributed by atoms with Gasteiger partial charge in [-0.15, -0.1) is 0 Å². The summed E-state index contributed by atoms with van der Waals surface area (Å²) in [6.45, 7) is 1.58. The van der Waals surface area contributed by atoms with Gasteiger partial charge in [0.25, 0.3) is 5.92 Å². The monoisotopic (exact) mass is 638 g/mol. The molecule has 0 spiro atoms. The van der Waals surface area contributed by atoms with Gasteiger partial charge in [0.1, 0.15) is 12.1 Å². The number of halogens is 6. The molecule has 5 fully saturated rings. The van der Waals surface area contributed by atoms with Crippen LogP contribution in [0.2, 0.25) is 0 Å². The lowest BCUT2D eigenvalue weighted by molar-refractivity contribution is -0.196. The summed E-state index contributed by atoms with van der Waals surface area (Å²) in [7, 11) is 0. The second-order valence-electron chi connectivity index (χ2n) is 11.9. The molecule has 5 rings (SSSR count). The molecule has 3 N–H and O–H groups in total. The van der Waals surface area contributed by atoms with Gasteiger partial charge in [0.2, 0.25) is 23.5 Å². The van der Waals surface area contributed by atoms with Crippen LogP contribution in [0.5, 0.6) is 0 Å². The molecule has 44 heavy (non-hydrogen) atoms. The number of rotatable bonds is 11. The highest BCUT2D eigenvalue weighted by Gasteiger charge is 2.61. The van der Waals surface area contributed by atoms with Crippen molar-refractivity contribution in [3.63, 3.8) is 0 Å². The van der Waals surface area contributed by atoms with Gasteiger partial charge in [0.05, 0.1) is 18.6 Å². The van der Waals surface area contributed by atoms with Gasteiger partial charge in [0.15, 0.2) is 0 Å². The van der Waals surface area contributed by atoms with Gasteiger partial charge in [-0.2, -0.15) is 17.6 Å². The van der Waals surface area contributed by atoms with Gasteiger partial charge >= 0.3 is 18.1 Å². The molecule has 10 nitrogen and oxygen atoms in total. The van der Waals surface area contributed by atoms with E-state index in [-0.39, 0.29) is 38.2 Å². The Hall–Kier alpha value is -3.33. The van der Waals surface area contributed by atoms with Crippen molar-refractivity contribution in [2.45, 2.75) is 101 Å². The number of fused-ring (bicyclic) bond motifs is 3. The smallest absolute Gasteiger partial charge is 0.461 e. The predicted molar refractivity (Wildman–Crippen MR) is 140 cm³/mol. The highest BCUT2D eigenvalue weighted by molar-refractivity contribution is 5.94. The van der Waals surface area contributed by atoms with Gasteiger partial charge in [-0.1, -0.05) is 19.3 Å². The standard InChI is InChI=1S/C28H36F6N4O6/c1-2-44-25(42)19(29)12-16(11-15-8-9-35-22(15)39)36-23(40)21-18-7-6-17(13-27(18,30)31)38(21)24(41)20(10-14-4-3-5-14)37-26(43)28(32,33)34/h12,14-18,20-21H,2-11,13H2,1H3,(H,35,39)(H,36,40)(H,37,43)/b19-12-/t15-,16-,17-,18-,20+,21+/m1/s1. The van der Waals surface area contributed by atoms with Crippen molar-refractivity contribution in [2.24, 2.45) is 17.8 Å². The van der Waals surface area contributed by atoms with E-state index in [4.69, 9.17) is 0 Å². The third-order valence-electron chi connectivity index (χ3n) is 8.96. The van der Waals surface area contributed by atoms with E-state index >= 15 is 8.78 Å². The van der Waals surface area contributed by atoms with Crippen LogP contribution in [-0.2, 0) is 28.7 Å². The normalized spacial score (nSPS) is 28.0. The fraction of sp³-hybridized carbons (Fsp3) is 0.750. The van der Waals surface area contributed by atoms with Crippen molar-refractivity contribution < 1.29 is 55.1 Å². The fourth-order valence-corrected chi connectivity index (χ4v) is 6.59. The van der Waals surface area contributed by atoms with Crippen LogP contribution in [0.25, 0.3) is 0 Å². The second-order valence-corrected chi connectivity index (χ2v) is 11.9. The van der Waals surface area contributed by atoms with Crippen LogP contribution in [0.15, 0.2) is 11.9 Å². The van der Waals surface area contributed by atoms with Gasteiger partial charge in [-0.05, 0) is 51.0 Å². The number of carbonyl (C=O) groups excluding carboxylic acids is 5. The van der Waals surface area contributed by atoms with Crippen molar-refractivity contribution in [3.8, 4) is 0 Å². The Morgan fingerprint density at radius 1 is 1.09 bits per heavy atom. The van der Waals surface area contributed by atoms with Crippen LogP contribution >= 0.6 is 0 Å². The number of piperidine rings is 2.